The summed E-state index contributed by atoms with van der Waals surface area (Å²) in [5, 5.41) is 5.08. The molecule has 7 aromatic carbocycles. The number of anilines is 3. The SMILES string of the molecule is CC(C)(C)c1ccc2c(c1)c1cc(C(C)(C)C)ccc1n2-c1ccc2c(c1)C1(c3cc(-n4c5ccc(C(C)(C)C)cc5c5cc(C(C)(C)C)ccc54)ccc3N2c2ccccc2)c2cccnc2-c2ncccc21. The van der Waals surface area contributed by atoms with Crippen LogP contribution in [0, 0.1) is 0 Å². The molecule has 0 N–H and O–H groups in total. The molecular weight excluding hydrogens is 899 g/mol. The predicted octanol–water partition coefficient (Wildman–Crippen LogP) is 18.0. The Bertz CT molecular complexity index is 3730. The number of rotatable bonds is 3. The Balaban J connectivity index is 1.15. The zero-order valence-corrected chi connectivity index (χ0v) is 45.0. The van der Waals surface area contributed by atoms with Crippen molar-refractivity contribution in [2.45, 2.75) is 110 Å². The van der Waals surface area contributed by atoms with Crippen LogP contribution in [0.25, 0.3) is 66.4 Å². The van der Waals surface area contributed by atoms with E-state index in [4.69, 9.17) is 9.97 Å². The normalized spacial score (nSPS) is 14.3. The molecule has 74 heavy (non-hydrogen) atoms. The van der Waals surface area contributed by atoms with Crippen molar-refractivity contribution in [3.05, 3.63) is 221 Å². The summed E-state index contributed by atoms with van der Waals surface area (Å²) in [6, 6.07) is 62.7. The van der Waals surface area contributed by atoms with E-state index in [-0.39, 0.29) is 21.7 Å². The van der Waals surface area contributed by atoms with Crippen LogP contribution in [0.2, 0.25) is 0 Å². The molecule has 0 atom stereocenters. The number of hydrogen-bond donors (Lipinski definition) is 0. The van der Waals surface area contributed by atoms with Gasteiger partial charge in [0.05, 0.1) is 50.2 Å². The molecule has 0 bridgehead atoms. The number of hydrogen-bond acceptors (Lipinski definition) is 3. The summed E-state index contributed by atoms with van der Waals surface area (Å²) in [5.41, 5.74) is 21.3. The highest BCUT2D eigenvalue weighted by Crippen LogP contribution is 2.63. The van der Waals surface area contributed by atoms with E-state index in [1.54, 1.807) is 0 Å². The first-order chi connectivity index (χ1) is 35.2. The van der Waals surface area contributed by atoms with Gasteiger partial charge in [-0.05, 0) is 175 Å². The van der Waals surface area contributed by atoms with Crippen LogP contribution in [0.3, 0.4) is 0 Å². The van der Waals surface area contributed by atoms with Crippen LogP contribution in [0.4, 0.5) is 17.1 Å². The molecule has 11 aromatic rings. The second-order valence-electron chi connectivity index (χ2n) is 25.2. The van der Waals surface area contributed by atoms with Crippen LogP contribution >= 0.6 is 0 Å². The van der Waals surface area contributed by atoms with E-state index >= 15 is 0 Å². The quantitative estimate of drug-likeness (QED) is 0.177. The first-order valence-corrected chi connectivity index (χ1v) is 26.5. The van der Waals surface area contributed by atoms with Crippen molar-refractivity contribution in [3.63, 3.8) is 0 Å². The van der Waals surface area contributed by atoms with E-state index in [0.29, 0.717) is 0 Å². The third-order valence-corrected chi connectivity index (χ3v) is 16.4. The van der Waals surface area contributed by atoms with E-state index in [1.807, 2.05) is 12.4 Å². The van der Waals surface area contributed by atoms with Gasteiger partial charge in [0.15, 0.2) is 0 Å². The molecule has 366 valence electrons. The molecule has 0 saturated heterocycles. The van der Waals surface area contributed by atoms with Gasteiger partial charge >= 0.3 is 0 Å². The highest BCUT2D eigenvalue weighted by atomic mass is 15.2. The van der Waals surface area contributed by atoms with Crippen LogP contribution < -0.4 is 4.90 Å². The summed E-state index contributed by atoms with van der Waals surface area (Å²) in [7, 11) is 0. The fraction of sp³-hybridized carbons (Fsp3) is 0.246. The molecule has 1 aliphatic carbocycles. The lowest BCUT2D eigenvalue weighted by molar-refractivity contribution is 0.590. The van der Waals surface area contributed by atoms with Gasteiger partial charge in [0.1, 0.15) is 0 Å². The lowest BCUT2D eigenvalue weighted by Crippen LogP contribution is -2.36. The standard InChI is InChI=1S/C69H65N5/c1-65(2,3)42-22-28-57-49(36-42)50-37-43(66(4,5)6)23-29-58(50)73(57)47-26-32-61-55(40-47)69(53-20-16-34-70-63(53)64-54(69)21-17-35-71-64)56-41-48(27-33-62(56)72(61)46-18-14-13-15-19-46)74-59-30-24-44(67(7,8)9)38-51(59)52-39-45(68(10,11)12)25-31-60(52)74/h13-41H,1-12H3. The third kappa shape index (κ3) is 6.67. The van der Waals surface area contributed by atoms with E-state index < -0.39 is 5.41 Å². The maximum atomic E-state index is 5.21. The Morgan fingerprint density at radius 1 is 0.324 bits per heavy atom. The summed E-state index contributed by atoms with van der Waals surface area (Å²) < 4.78 is 5.02. The van der Waals surface area contributed by atoms with Gasteiger partial charge in [-0.3, -0.25) is 9.97 Å². The second-order valence-corrected chi connectivity index (χ2v) is 25.2. The molecule has 4 aromatic heterocycles. The minimum Gasteiger partial charge on any atom is -0.310 e. The van der Waals surface area contributed by atoms with E-state index in [0.717, 1.165) is 51.0 Å². The molecule has 0 fully saturated rings. The second kappa shape index (κ2) is 15.6. The van der Waals surface area contributed by atoms with Crippen LogP contribution in [-0.2, 0) is 27.1 Å². The summed E-state index contributed by atoms with van der Waals surface area (Å²) >= 11 is 0. The topological polar surface area (TPSA) is 38.9 Å². The lowest BCUT2D eigenvalue weighted by atomic mass is 9.64. The summed E-state index contributed by atoms with van der Waals surface area (Å²) in [4.78, 5) is 12.9. The van der Waals surface area contributed by atoms with Crippen molar-refractivity contribution in [2.24, 2.45) is 0 Å². The average molecular weight is 964 g/mol. The molecule has 13 rings (SSSR count). The molecule has 5 heteroatoms. The number of pyridine rings is 2. The van der Waals surface area contributed by atoms with E-state index in [9.17, 15) is 0 Å². The Hall–Kier alpha value is -7.76. The van der Waals surface area contributed by atoms with Crippen molar-refractivity contribution in [1.29, 1.82) is 0 Å². The number of nitrogens with zero attached hydrogens (tertiary/aromatic N) is 5. The fourth-order valence-electron chi connectivity index (χ4n) is 12.4. The van der Waals surface area contributed by atoms with Crippen molar-refractivity contribution in [3.8, 4) is 22.8 Å². The van der Waals surface area contributed by atoms with E-state index in [2.05, 4.69) is 261 Å². The largest absolute Gasteiger partial charge is 0.310 e. The van der Waals surface area contributed by atoms with Gasteiger partial charge in [0, 0.05) is 51.0 Å². The van der Waals surface area contributed by atoms with Crippen molar-refractivity contribution < 1.29 is 0 Å². The monoisotopic (exact) mass is 964 g/mol. The van der Waals surface area contributed by atoms with Gasteiger partial charge in [0.2, 0.25) is 0 Å². The summed E-state index contributed by atoms with van der Waals surface area (Å²) in [6.45, 7) is 27.7. The van der Waals surface area contributed by atoms with E-state index in [1.165, 1.54) is 77.0 Å². The average Bonchev–Trinajstić information content (AvgIpc) is 4.00. The molecule has 0 saturated carbocycles. The van der Waals surface area contributed by atoms with Crippen molar-refractivity contribution in [1.82, 2.24) is 19.1 Å². The Kier molecular flexibility index (Phi) is 9.73. The van der Waals surface area contributed by atoms with Gasteiger partial charge in [-0.1, -0.05) is 138 Å². The van der Waals surface area contributed by atoms with Crippen LogP contribution in [-0.4, -0.2) is 19.1 Å². The number of aromatic nitrogens is 4. The number of para-hydroxylation sites is 1. The Labute approximate surface area is 436 Å². The minimum absolute atomic E-state index is 0.00905. The molecule has 0 amide bonds. The zero-order valence-electron chi connectivity index (χ0n) is 45.0. The first kappa shape index (κ1) is 46.1. The zero-order chi connectivity index (χ0) is 51.4. The molecule has 0 unspecified atom stereocenters. The molecule has 5 nitrogen and oxygen atoms in total. The summed E-state index contributed by atoms with van der Waals surface area (Å²) in [6.07, 6.45) is 3.85. The maximum absolute atomic E-state index is 5.21. The Morgan fingerprint density at radius 3 is 1.01 bits per heavy atom. The van der Waals surface area contributed by atoms with Gasteiger partial charge in [-0.25, -0.2) is 0 Å². The lowest BCUT2D eigenvalue weighted by Gasteiger charge is -2.45. The molecule has 2 aliphatic rings. The first-order valence-electron chi connectivity index (χ1n) is 26.5. The molecule has 1 aliphatic heterocycles. The van der Waals surface area contributed by atoms with Crippen LogP contribution in [0.1, 0.15) is 128 Å². The highest BCUT2D eigenvalue weighted by molar-refractivity contribution is 6.11. The number of benzene rings is 7. The van der Waals surface area contributed by atoms with Gasteiger partial charge in [-0.2, -0.15) is 0 Å². The van der Waals surface area contributed by atoms with Crippen LogP contribution in [0.5, 0.6) is 0 Å². The third-order valence-electron chi connectivity index (χ3n) is 16.4. The predicted molar refractivity (Wildman–Crippen MR) is 311 cm³/mol. The molecular formula is C69H65N5. The Morgan fingerprint density at radius 2 is 0.676 bits per heavy atom. The van der Waals surface area contributed by atoms with Gasteiger partial charge in [0.25, 0.3) is 0 Å². The fourth-order valence-corrected chi connectivity index (χ4v) is 12.4. The molecule has 1 spiro atoms. The smallest absolute Gasteiger partial charge is 0.0937 e. The van der Waals surface area contributed by atoms with Gasteiger partial charge < -0.3 is 14.0 Å². The van der Waals surface area contributed by atoms with Crippen molar-refractivity contribution >= 4 is 60.7 Å². The highest BCUT2D eigenvalue weighted by Gasteiger charge is 2.53. The van der Waals surface area contributed by atoms with Crippen molar-refractivity contribution in [2.75, 3.05) is 4.90 Å². The molecule has 5 heterocycles. The van der Waals surface area contributed by atoms with Crippen LogP contribution in [0.15, 0.2) is 176 Å². The van der Waals surface area contributed by atoms with Gasteiger partial charge in [-0.15, -0.1) is 0 Å². The maximum Gasteiger partial charge on any atom is 0.0937 e. The molecule has 0 radical (unpaired) electrons. The summed E-state index contributed by atoms with van der Waals surface area (Å²) in [5.74, 6) is 0. The minimum atomic E-state index is -0.801. The number of fused-ring (bicyclic) bond motifs is 15.